The third-order valence-electron chi connectivity index (χ3n) is 2.32. The Labute approximate surface area is 97.8 Å². The second-order valence-electron chi connectivity index (χ2n) is 3.85. The first-order valence-electron chi connectivity index (χ1n) is 5.25. The van der Waals surface area contributed by atoms with Crippen molar-refractivity contribution in [3.05, 3.63) is 23.5 Å². The van der Waals surface area contributed by atoms with Crippen LogP contribution in [0.2, 0.25) is 0 Å². The maximum absolute atomic E-state index is 11.8. The van der Waals surface area contributed by atoms with E-state index in [-0.39, 0.29) is 6.42 Å². The van der Waals surface area contributed by atoms with Gasteiger partial charge in [0.25, 0.3) is 0 Å². The molecule has 0 aromatic carbocycles. The molecule has 1 aromatic heterocycles. The highest BCUT2D eigenvalue weighted by Crippen LogP contribution is 2.20. The molecule has 1 N–H and O–H groups in total. The van der Waals surface area contributed by atoms with Crippen LogP contribution in [0.3, 0.4) is 0 Å². The first-order chi connectivity index (χ1) is 7.92. The average molecular weight is 245 g/mol. The van der Waals surface area contributed by atoms with Crippen LogP contribution in [0.25, 0.3) is 0 Å². The van der Waals surface area contributed by atoms with E-state index in [0.717, 1.165) is 5.56 Å². The van der Waals surface area contributed by atoms with Crippen LogP contribution < -0.4 is 5.32 Å². The fraction of sp³-hybridized carbons (Fsp3) is 0.545. The minimum Gasteiger partial charge on any atom is -0.342 e. The third kappa shape index (κ3) is 4.91. The number of nitrogens with one attached hydrogen (secondary N) is 1. The highest BCUT2D eigenvalue weighted by atomic mass is 19.4. The molecule has 0 aliphatic carbocycles. The molecule has 0 saturated carbocycles. The molecule has 0 aliphatic rings. The van der Waals surface area contributed by atoms with Crippen LogP contribution in [-0.4, -0.2) is 17.3 Å². The van der Waals surface area contributed by atoms with Crippen molar-refractivity contribution in [1.82, 2.24) is 9.88 Å². The van der Waals surface area contributed by atoms with Crippen LogP contribution >= 0.6 is 0 Å². The molecule has 0 atom stereocenters. The highest BCUT2D eigenvalue weighted by molar-refractivity contribution is 5.28. The van der Waals surface area contributed by atoms with Gasteiger partial charge in [-0.3, -0.25) is 0 Å². The van der Waals surface area contributed by atoms with Crippen molar-refractivity contribution in [1.29, 1.82) is 5.26 Å². The van der Waals surface area contributed by atoms with Crippen LogP contribution in [0.5, 0.6) is 0 Å². The molecule has 3 nitrogen and oxygen atoms in total. The van der Waals surface area contributed by atoms with E-state index in [1.165, 1.54) is 0 Å². The molecule has 0 bridgehead atoms. The summed E-state index contributed by atoms with van der Waals surface area (Å²) in [7, 11) is 1.76. The second-order valence-corrected chi connectivity index (χ2v) is 3.85. The van der Waals surface area contributed by atoms with Crippen LogP contribution in [0.15, 0.2) is 12.3 Å². The van der Waals surface area contributed by atoms with E-state index in [2.05, 4.69) is 5.32 Å². The Balaban J connectivity index is 2.25. The number of alkyl halides is 3. The zero-order valence-electron chi connectivity index (χ0n) is 9.51. The molecule has 0 radical (unpaired) electrons. The highest BCUT2D eigenvalue weighted by Gasteiger charge is 2.25. The number of nitrogens with zero attached hydrogens (tertiary/aromatic N) is 2. The van der Waals surface area contributed by atoms with E-state index in [9.17, 15) is 13.2 Å². The zero-order valence-corrected chi connectivity index (χ0v) is 9.51. The molecule has 0 fully saturated rings. The molecule has 1 rings (SSSR count). The molecule has 1 aromatic rings. The van der Waals surface area contributed by atoms with Crippen molar-refractivity contribution < 1.29 is 13.2 Å². The molecule has 17 heavy (non-hydrogen) atoms. The lowest BCUT2D eigenvalue weighted by molar-refractivity contribution is -0.135. The summed E-state index contributed by atoms with van der Waals surface area (Å²) in [6.07, 6.45) is -2.99. The van der Waals surface area contributed by atoms with Gasteiger partial charge in [-0.2, -0.15) is 18.4 Å². The predicted molar refractivity (Wildman–Crippen MR) is 57.1 cm³/mol. The summed E-state index contributed by atoms with van der Waals surface area (Å²) in [6.45, 7) is 0.795. The van der Waals surface area contributed by atoms with Crippen molar-refractivity contribution in [3.63, 3.8) is 0 Å². The lowest BCUT2D eigenvalue weighted by atomic mass is 10.3. The zero-order chi connectivity index (χ0) is 12.9. The molecule has 0 spiro atoms. The number of rotatable bonds is 5. The van der Waals surface area contributed by atoms with Crippen LogP contribution in [0.4, 0.5) is 13.2 Å². The first kappa shape index (κ1) is 13.6. The maximum atomic E-state index is 11.8. The van der Waals surface area contributed by atoms with Gasteiger partial charge in [0.2, 0.25) is 0 Å². The van der Waals surface area contributed by atoms with Gasteiger partial charge in [-0.1, -0.05) is 0 Å². The van der Waals surface area contributed by atoms with Crippen molar-refractivity contribution in [3.8, 4) is 6.07 Å². The first-order valence-corrected chi connectivity index (χ1v) is 5.25. The largest absolute Gasteiger partial charge is 0.389 e. The Morgan fingerprint density at radius 2 is 2.18 bits per heavy atom. The Hall–Kier alpha value is -1.48. The van der Waals surface area contributed by atoms with Crippen LogP contribution in [0, 0.1) is 11.3 Å². The molecule has 0 amide bonds. The Morgan fingerprint density at radius 3 is 2.71 bits per heavy atom. The maximum Gasteiger partial charge on any atom is 0.389 e. The van der Waals surface area contributed by atoms with E-state index in [1.807, 2.05) is 6.07 Å². The number of hydrogen-bond acceptors (Lipinski definition) is 2. The van der Waals surface area contributed by atoms with E-state index >= 15 is 0 Å². The number of nitriles is 1. The smallest absolute Gasteiger partial charge is 0.342 e. The van der Waals surface area contributed by atoms with Crippen LogP contribution in [-0.2, 0) is 13.6 Å². The summed E-state index contributed by atoms with van der Waals surface area (Å²) in [6, 6.07) is 3.74. The normalized spacial score (nSPS) is 11.5. The van der Waals surface area contributed by atoms with Gasteiger partial charge in [0.05, 0.1) is 0 Å². The van der Waals surface area contributed by atoms with Gasteiger partial charge >= 0.3 is 6.18 Å². The molecular weight excluding hydrogens is 231 g/mol. The van der Waals surface area contributed by atoms with E-state index < -0.39 is 12.6 Å². The predicted octanol–water partition coefficient (Wildman–Crippen LogP) is 2.33. The van der Waals surface area contributed by atoms with Crippen molar-refractivity contribution >= 4 is 0 Å². The van der Waals surface area contributed by atoms with Gasteiger partial charge in [-0.05, 0) is 24.6 Å². The average Bonchev–Trinajstić information content (AvgIpc) is 2.57. The molecular formula is C11H14F3N3. The van der Waals surface area contributed by atoms with E-state index in [0.29, 0.717) is 18.8 Å². The number of hydrogen-bond donors (Lipinski definition) is 1. The molecule has 0 unspecified atom stereocenters. The fourth-order valence-electron chi connectivity index (χ4n) is 1.49. The quantitative estimate of drug-likeness (QED) is 0.809. The minimum absolute atomic E-state index is 0.0709. The Kier molecular flexibility index (Phi) is 4.58. The summed E-state index contributed by atoms with van der Waals surface area (Å²) in [5, 5.41) is 11.6. The SMILES string of the molecule is Cn1cc(CNCCCC(F)(F)F)cc1C#N. The summed E-state index contributed by atoms with van der Waals surface area (Å²) in [5.74, 6) is 0. The van der Waals surface area contributed by atoms with Crippen molar-refractivity contribution in [2.24, 2.45) is 7.05 Å². The third-order valence-corrected chi connectivity index (χ3v) is 2.32. The summed E-state index contributed by atoms with van der Waals surface area (Å²) in [5.41, 5.74) is 1.44. The second kappa shape index (κ2) is 5.73. The van der Waals surface area contributed by atoms with E-state index in [4.69, 9.17) is 5.26 Å². The number of aromatic nitrogens is 1. The lowest BCUT2D eigenvalue weighted by Gasteiger charge is -2.06. The summed E-state index contributed by atoms with van der Waals surface area (Å²) >= 11 is 0. The fourth-order valence-corrected chi connectivity index (χ4v) is 1.49. The van der Waals surface area contributed by atoms with Crippen molar-refractivity contribution in [2.45, 2.75) is 25.6 Å². The van der Waals surface area contributed by atoms with Gasteiger partial charge in [0.1, 0.15) is 11.8 Å². The Bertz CT molecular complexity index is 401. The lowest BCUT2D eigenvalue weighted by Crippen LogP contribution is -2.17. The van der Waals surface area contributed by atoms with Gasteiger partial charge in [0.15, 0.2) is 0 Å². The molecule has 6 heteroatoms. The summed E-state index contributed by atoms with van der Waals surface area (Å²) in [4.78, 5) is 0. The van der Waals surface area contributed by atoms with Crippen LogP contribution in [0.1, 0.15) is 24.1 Å². The standard InChI is InChI=1S/C11H14F3N3/c1-17-8-9(5-10(17)6-15)7-16-4-2-3-11(12,13)14/h5,8,16H,2-4,7H2,1H3. The molecule has 0 saturated heterocycles. The van der Waals surface area contributed by atoms with Crippen molar-refractivity contribution in [2.75, 3.05) is 6.54 Å². The summed E-state index contributed by atoms with van der Waals surface area (Å²) < 4.78 is 37.2. The topological polar surface area (TPSA) is 40.8 Å². The minimum atomic E-state index is -4.08. The van der Waals surface area contributed by atoms with Gasteiger partial charge < -0.3 is 9.88 Å². The molecule has 0 aliphatic heterocycles. The van der Waals surface area contributed by atoms with Gasteiger partial charge in [-0.15, -0.1) is 0 Å². The number of aryl methyl sites for hydroxylation is 1. The monoisotopic (exact) mass is 245 g/mol. The Morgan fingerprint density at radius 1 is 1.47 bits per heavy atom. The molecule has 1 heterocycles. The van der Waals surface area contributed by atoms with Gasteiger partial charge in [-0.25, -0.2) is 0 Å². The molecule has 94 valence electrons. The van der Waals surface area contributed by atoms with Gasteiger partial charge in [0, 0.05) is 26.2 Å². The number of halogens is 3. The van der Waals surface area contributed by atoms with E-state index in [1.54, 1.807) is 23.9 Å².